The van der Waals surface area contributed by atoms with Crippen LogP contribution in [0.1, 0.15) is 29.7 Å². The Morgan fingerprint density at radius 3 is 2.68 bits per heavy atom. The Kier molecular flexibility index (Phi) is 5.54. The zero-order valence-corrected chi connectivity index (χ0v) is 17.8. The molecule has 0 radical (unpaired) electrons. The van der Waals surface area contributed by atoms with Gasteiger partial charge in [-0.15, -0.1) is 0 Å². The van der Waals surface area contributed by atoms with Gasteiger partial charge in [0.2, 0.25) is 0 Å². The molecule has 0 spiro atoms. The van der Waals surface area contributed by atoms with E-state index in [1.165, 1.54) is 11.0 Å². The van der Waals surface area contributed by atoms with Crippen LogP contribution in [0.15, 0.2) is 48.0 Å². The molecule has 31 heavy (non-hydrogen) atoms. The molecule has 2 aromatic rings. The molecule has 1 N–H and O–H groups in total. The highest BCUT2D eigenvalue weighted by Gasteiger charge is 2.46. The maximum absolute atomic E-state index is 14.7. The average molecular weight is 424 g/mol. The van der Waals surface area contributed by atoms with Gasteiger partial charge in [-0.2, -0.15) is 0 Å². The molecular weight excluding hydrogens is 399 g/mol. The molecule has 2 heterocycles. The highest BCUT2D eigenvalue weighted by atomic mass is 19.1. The fourth-order valence-corrected chi connectivity index (χ4v) is 4.16. The van der Waals surface area contributed by atoms with Crippen LogP contribution in [0.4, 0.5) is 4.39 Å². The minimum atomic E-state index is -0.996. The lowest BCUT2D eigenvalue weighted by molar-refractivity contribution is -0.140. The van der Waals surface area contributed by atoms with Crippen LogP contribution in [0.3, 0.4) is 0 Å². The number of Topliss-reactive ketones (excluding diaryl/α,β-unsaturated/α-hetero) is 1. The van der Waals surface area contributed by atoms with Crippen LogP contribution in [0.25, 0.3) is 5.76 Å². The average Bonchev–Trinajstić information content (AvgIpc) is 3.22. The number of rotatable bonds is 5. The summed E-state index contributed by atoms with van der Waals surface area (Å²) < 4.78 is 20.5. The lowest BCUT2D eigenvalue weighted by Crippen LogP contribution is -2.35. The molecule has 162 valence electrons. The molecule has 0 bridgehead atoms. The fourth-order valence-electron chi connectivity index (χ4n) is 4.16. The summed E-state index contributed by atoms with van der Waals surface area (Å²) in [7, 11) is 3.70. The predicted octanol–water partition coefficient (Wildman–Crippen LogP) is 3.13. The molecule has 6 nitrogen and oxygen atoms in total. The maximum Gasteiger partial charge on any atom is 0.295 e. The highest BCUT2D eigenvalue weighted by molar-refractivity contribution is 6.46. The van der Waals surface area contributed by atoms with Gasteiger partial charge in [-0.05, 0) is 50.8 Å². The summed E-state index contributed by atoms with van der Waals surface area (Å²) in [5.74, 6) is -1.65. The SMILES string of the molecule is C[C@H]1Cc2cc(C(O)=C3C(=O)C(=O)N(CCN(C)C)[C@H]3c3ccccc3F)ccc2O1. The number of hydrogen-bond acceptors (Lipinski definition) is 5. The van der Waals surface area contributed by atoms with Crippen LogP contribution in [-0.2, 0) is 16.0 Å². The molecule has 0 aromatic heterocycles. The Bertz CT molecular complexity index is 1080. The van der Waals surface area contributed by atoms with Crippen molar-refractivity contribution in [3.05, 3.63) is 70.5 Å². The van der Waals surface area contributed by atoms with Gasteiger partial charge in [0, 0.05) is 30.6 Å². The Hall–Kier alpha value is -3.19. The van der Waals surface area contributed by atoms with Crippen molar-refractivity contribution < 1.29 is 23.8 Å². The van der Waals surface area contributed by atoms with Gasteiger partial charge in [0.1, 0.15) is 23.4 Å². The fraction of sp³-hybridized carbons (Fsp3) is 0.333. The van der Waals surface area contributed by atoms with E-state index < -0.39 is 23.5 Å². The lowest BCUT2D eigenvalue weighted by Gasteiger charge is -2.26. The van der Waals surface area contributed by atoms with Crippen LogP contribution in [0, 0.1) is 5.82 Å². The Morgan fingerprint density at radius 2 is 1.97 bits per heavy atom. The van der Waals surface area contributed by atoms with Gasteiger partial charge in [-0.25, -0.2) is 4.39 Å². The summed E-state index contributed by atoms with van der Waals surface area (Å²) in [6.07, 6.45) is 0.715. The molecule has 2 aliphatic heterocycles. The summed E-state index contributed by atoms with van der Waals surface area (Å²) in [6, 6.07) is 10.2. The molecule has 1 fully saturated rings. The number of carbonyl (C=O) groups is 2. The van der Waals surface area contributed by atoms with Gasteiger partial charge in [-0.1, -0.05) is 18.2 Å². The standard InChI is InChI=1S/C24H25FN2O4/c1-14-12-16-13-15(8-9-19(16)31-14)22(28)20-21(17-6-4-5-7-18(17)25)27(11-10-26(2)3)24(30)23(20)29/h4-9,13-14,21,28H,10-12H2,1-3H3/t14-,21-/m0/s1. The van der Waals surface area contributed by atoms with Gasteiger partial charge in [0.15, 0.2) is 0 Å². The first-order valence-electron chi connectivity index (χ1n) is 10.3. The van der Waals surface area contributed by atoms with Crippen LogP contribution in [0.2, 0.25) is 0 Å². The lowest BCUT2D eigenvalue weighted by atomic mass is 9.94. The molecule has 2 atom stereocenters. The number of likely N-dealkylation sites (tertiary alicyclic amines) is 1. The van der Waals surface area contributed by atoms with Crippen molar-refractivity contribution >= 4 is 17.4 Å². The smallest absolute Gasteiger partial charge is 0.295 e. The summed E-state index contributed by atoms with van der Waals surface area (Å²) in [6.45, 7) is 2.67. The number of hydrogen-bond donors (Lipinski definition) is 1. The second-order valence-corrected chi connectivity index (χ2v) is 8.27. The van der Waals surface area contributed by atoms with Crippen LogP contribution < -0.4 is 4.74 Å². The topological polar surface area (TPSA) is 70.1 Å². The Balaban J connectivity index is 1.84. The molecule has 2 aromatic carbocycles. The van der Waals surface area contributed by atoms with E-state index in [0.717, 1.165) is 11.3 Å². The second-order valence-electron chi connectivity index (χ2n) is 8.27. The zero-order valence-electron chi connectivity index (χ0n) is 17.8. The summed E-state index contributed by atoms with van der Waals surface area (Å²) in [5, 5.41) is 11.1. The zero-order chi connectivity index (χ0) is 22.3. The van der Waals surface area contributed by atoms with E-state index in [4.69, 9.17) is 4.74 Å². The van der Waals surface area contributed by atoms with E-state index in [0.29, 0.717) is 18.5 Å². The number of likely N-dealkylation sites (N-methyl/N-ethyl adjacent to an activating group) is 1. The number of fused-ring (bicyclic) bond motifs is 1. The third-order valence-corrected chi connectivity index (χ3v) is 5.70. The van der Waals surface area contributed by atoms with E-state index in [-0.39, 0.29) is 29.5 Å². The first-order valence-corrected chi connectivity index (χ1v) is 10.3. The molecule has 0 saturated carbocycles. The van der Waals surface area contributed by atoms with Crippen LogP contribution in [-0.4, -0.2) is 59.9 Å². The molecule has 4 rings (SSSR count). The number of nitrogens with zero attached hydrogens (tertiary/aromatic N) is 2. The third-order valence-electron chi connectivity index (χ3n) is 5.70. The molecule has 0 unspecified atom stereocenters. The van der Waals surface area contributed by atoms with E-state index in [1.54, 1.807) is 36.4 Å². The van der Waals surface area contributed by atoms with Crippen molar-refractivity contribution in [1.82, 2.24) is 9.80 Å². The van der Waals surface area contributed by atoms with E-state index in [1.807, 2.05) is 25.9 Å². The van der Waals surface area contributed by atoms with Crippen LogP contribution >= 0.6 is 0 Å². The van der Waals surface area contributed by atoms with Crippen molar-refractivity contribution in [2.75, 3.05) is 27.2 Å². The van der Waals surface area contributed by atoms with Gasteiger partial charge < -0.3 is 19.6 Å². The van der Waals surface area contributed by atoms with Gasteiger partial charge in [0.25, 0.3) is 11.7 Å². The molecule has 0 aliphatic carbocycles. The number of carbonyl (C=O) groups excluding carboxylic acids is 2. The number of halogens is 1. The largest absolute Gasteiger partial charge is 0.507 e. The Morgan fingerprint density at radius 1 is 1.23 bits per heavy atom. The number of amides is 1. The Labute approximate surface area is 180 Å². The van der Waals surface area contributed by atoms with E-state index >= 15 is 0 Å². The normalized spacial score (nSPS) is 22.2. The molecular formula is C24H25FN2O4. The predicted molar refractivity (Wildman–Crippen MR) is 114 cm³/mol. The number of ether oxygens (including phenoxy) is 1. The number of ketones is 1. The molecule has 1 saturated heterocycles. The minimum Gasteiger partial charge on any atom is -0.507 e. The van der Waals surface area contributed by atoms with Gasteiger partial charge in [0.05, 0.1) is 11.6 Å². The van der Waals surface area contributed by atoms with Crippen LogP contribution in [0.5, 0.6) is 5.75 Å². The number of aliphatic hydroxyl groups is 1. The van der Waals surface area contributed by atoms with Crippen molar-refractivity contribution in [3.63, 3.8) is 0 Å². The third kappa shape index (κ3) is 3.81. The van der Waals surface area contributed by atoms with E-state index in [9.17, 15) is 19.1 Å². The monoisotopic (exact) mass is 424 g/mol. The summed E-state index contributed by atoms with van der Waals surface area (Å²) >= 11 is 0. The van der Waals surface area contributed by atoms with Crippen molar-refractivity contribution in [2.45, 2.75) is 25.5 Å². The molecule has 1 amide bonds. The van der Waals surface area contributed by atoms with Crippen molar-refractivity contribution in [2.24, 2.45) is 0 Å². The van der Waals surface area contributed by atoms with Gasteiger partial charge in [-0.3, -0.25) is 9.59 Å². The first kappa shape index (κ1) is 21.1. The highest BCUT2D eigenvalue weighted by Crippen LogP contribution is 2.41. The van der Waals surface area contributed by atoms with Gasteiger partial charge >= 0.3 is 0 Å². The summed E-state index contributed by atoms with van der Waals surface area (Å²) in [4.78, 5) is 29.1. The number of aliphatic hydroxyl groups excluding tert-OH is 1. The maximum atomic E-state index is 14.7. The first-order chi connectivity index (χ1) is 14.8. The molecule has 7 heteroatoms. The second kappa shape index (κ2) is 8.15. The van der Waals surface area contributed by atoms with E-state index in [2.05, 4.69) is 0 Å². The van der Waals surface area contributed by atoms with Crippen molar-refractivity contribution in [3.8, 4) is 5.75 Å². The molecule has 2 aliphatic rings. The number of benzene rings is 2. The summed E-state index contributed by atoms with van der Waals surface area (Å²) in [5.41, 5.74) is 1.41. The quantitative estimate of drug-likeness (QED) is 0.454. The minimum absolute atomic E-state index is 0.0300. The van der Waals surface area contributed by atoms with Crippen molar-refractivity contribution in [1.29, 1.82) is 0 Å².